The van der Waals surface area contributed by atoms with E-state index in [0.29, 0.717) is 19.6 Å². The highest BCUT2D eigenvalue weighted by Gasteiger charge is 2.29. The second kappa shape index (κ2) is 7.62. The van der Waals surface area contributed by atoms with Gasteiger partial charge in [-0.25, -0.2) is 0 Å². The summed E-state index contributed by atoms with van der Waals surface area (Å²) in [5.74, 6) is 2.63. The second-order valence-corrected chi connectivity index (χ2v) is 7.79. The summed E-state index contributed by atoms with van der Waals surface area (Å²) in [7, 11) is 0. The van der Waals surface area contributed by atoms with Gasteiger partial charge in [-0.1, -0.05) is 18.2 Å². The minimum Gasteiger partial charge on any atom is -0.494 e. The van der Waals surface area contributed by atoms with Crippen molar-refractivity contribution in [2.45, 2.75) is 30.7 Å². The van der Waals surface area contributed by atoms with Crippen molar-refractivity contribution >= 4 is 17.7 Å². The van der Waals surface area contributed by atoms with Gasteiger partial charge in [0, 0.05) is 10.6 Å². The lowest BCUT2D eigenvalue weighted by Crippen LogP contribution is -2.40. The lowest BCUT2D eigenvalue weighted by molar-refractivity contribution is -0.127. The molecule has 2 aromatic carbocycles. The maximum Gasteiger partial charge on any atom is 0.227 e. The lowest BCUT2D eigenvalue weighted by atomic mass is 9.94. The first-order valence-electron chi connectivity index (χ1n) is 9.15. The van der Waals surface area contributed by atoms with Crippen LogP contribution in [0.4, 0.5) is 0 Å². The molecule has 1 N–H and O–H groups in total. The Labute approximate surface area is 158 Å². The molecule has 2 aromatic rings. The molecule has 0 aliphatic carbocycles. The molecule has 1 amide bonds. The van der Waals surface area contributed by atoms with Crippen LogP contribution in [0.15, 0.2) is 47.4 Å². The van der Waals surface area contributed by atoms with Gasteiger partial charge in [0.1, 0.15) is 18.1 Å². The Balaban J connectivity index is 1.46. The number of carbonyl (C=O) groups excluding carboxylic acids is 1. The highest BCUT2D eigenvalue weighted by Crippen LogP contribution is 2.36. The molecule has 2 aliphatic rings. The van der Waals surface area contributed by atoms with Gasteiger partial charge in [-0.15, -0.1) is 11.8 Å². The van der Waals surface area contributed by atoms with Crippen molar-refractivity contribution in [2.75, 3.05) is 19.0 Å². The van der Waals surface area contributed by atoms with E-state index in [1.165, 1.54) is 10.5 Å². The minimum atomic E-state index is -0.166. The number of ether oxygens (including phenoxy) is 2. The van der Waals surface area contributed by atoms with Gasteiger partial charge in [0.25, 0.3) is 0 Å². The van der Waals surface area contributed by atoms with E-state index in [-0.39, 0.29) is 17.9 Å². The van der Waals surface area contributed by atoms with Crippen LogP contribution in [0.1, 0.15) is 30.5 Å². The molecule has 0 bridgehead atoms. The van der Waals surface area contributed by atoms with E-state index in [1.807, 2.05) is 43.0 Å². The van der Waals surface area contributed by atoms with Crippen molar-refractivity contribution in [1.29, 1.82) is 0 Å². The van der Waals surface area contributed by atoms with Crippen molar-refractivity contribution in [1.82, 2.24) is 5.32 Å². The molecule has 0 aromatic heterocycles. The van der Waals surface area contributed by atoms with Crippen molar-refractivity contribution in [3.8, 4) is 11.5 Å². The molecule has 0 radical (unpaired) electrons. The monoisotopic (exact) mass is 369 g/mol. The summed E-state index contributed by atoms with van der Waals surface area (Å²) in [6.07, 6.45) is 1.65. The Morgan fingerprint density at radius 2 is 2.19 bits per heavy atom. The largest absolute Gasteiger partial charge is 0.494 e. The van der Waals surface area contributed by atoms with Crippen LogP contribution in [0.5, 0.6) is 11.5 Å². The van der Waals surface area contributed by atoms with E-state index in [0.717, 1.165) is 29.2 Å². The van der Waals surface area contributed by atoms with Gasteiger partial charge in [0.15, 0.2) is 0 Å². The predicted molar refractivity (Wildman–Crippen MR) is 103 cm³/mol. The van der Waals surface area contributed by atoms with E-state index < -0.39 is 0 Å². The molecule has 0 spiro atoms. The number of thioether (sulfide) groups is 1. The summed E-state index contributed by atoms with van der Waals surface area (Å²) in [6, 6.07) is 14.3. The third-order valence-corrected chi connectivity index (χ3v) is 6.02. The van der Waals surface area contributed by atoms with Gasteiger partial charge < -0.3 is 14.8 Å². The second-order valence-electron chi connectivity index (χ2n) is 6.65. The molecule has 0 saturated heterocycles. The average Bonchev–Trinajstić information content (AvgIpc) is 2.68. The first kappa shape index (κ1) is 17.3. The molecule has 4 rings (SSSR count). The number of benzene rings is 2. The van der Waals surface area contributed by atoms with Gasteiger partial charge in [-0.3, -0.25) is 4.79 Å². The lowest BCUT2D eigenvalue weighted by Gasteiger charge is -2.29. The summed E-state index contributed by atoms with van der Waals surface area (Å²) in [5.41, 5.74) is 2.27. The Morgan fingerprint density at radius 3 is 3.08 bits per heavy atom. The number of amides is 1. The molecule has 26 heavy (non-hydrogen) atoms. The van der Waals surface area contributed by atoms with Gasteiger partial charge in [-0.05, 0) is 55.2 Å². The maximum absolute atomic E-state index is 12.9. The van der Waals surface area contributed by atoms with Crippen LogP contribution in [0.2, 0.25) is 0 Å². The van der Waals surface area contributed by atoms with E-state index in [2.05, 4.69) is 23.5 Å². The number of nitrogens with one attached hydrogen (secondary N) is 1. The van der Waals surface area contributed by atoms with Crippen LogP contribution in [0.3, 0.4) is 0 Å². The summed E-state index contributed by atoms with van der Waals surface area (Å²) in [4.78, 5) is 14.1. The topological polar surface area (TPSA) is 47.6 Å². The number of fused-ring (bicyclic) bond motifs is 2. The standard InChI is InChI=1S/C21H23NO3S/c1-2-24-16-7-8-19-14(12-16)11-15(13-25-19)21(23)22-18-9-10-26-20-6-4-3-5-17(18)20/h3-8,12,15,18H,2,9-11,13H2,1H3,(H,22,23). The molecule has 4 nitrogen and oxygen atoms in total. The SMILES string of the molecule is CCOc1ccc2c(c1)CC(C(=O)NC1CCSc3ccccc31)CO2. The molecule has 0 fully saturated rings. The van der Waals surface area contributed by atoms with Gasteiger partial charge in [0.2, 0.25) is 5.91 Å². The summed E-state index contributed by atoms with van der Waals surface area (Å²) in [6.45, 7) is 3.02. The van der Waals surface area contributed by atoms with Crippen LogP contribution < -0.4 is 14.8 Å². The molecule has 2 unspecified atom stereocenters. The molecule has 5 heteroatoms. The van der Waals surface area contributed by atoms with E-state index in [9.17, 15) is 4.79 Å². The fourth-order valence-corrected chi connectivity index (χ4v) is 4.70. The third-order valence-electron chi connectivity index (χ3n) is 4.90. The van der Waals surface area contributed by atoms with Crippen LogP contribution >= 0.6 is 11.8 Å². The molecular formula is C21H23NO3S. The number of carbonyl (C=O) groups is 1. The first-order valence-corrected chi connectivity index (χ1v) is 10.1. The molecular weight excluding hydrogens is 346 g/mol. The Bertz CT molecular complexity index is 808. The van der Waals surface area contributed by atoms with Gasteiger partial charge >= 0.3 is 0 Å². The Kier molecular flexibility index (Phi) is 5.07. The molecule has 0 saturated carbocycles. The number of rotatable bonds is 4. The zero-order valence-electron chi connectivity index (χ0n) is 14.9. The Hall–Kier alpha value is -2.14. The third kappa shape index (κ3) is 3.54. The highest BCUT2D eigenvalue weighted by atomic mass is 32.2. The average molecular weight is 369 g/mol. The first-order chi connectivity index (χ1) is 12.7. The van der Waals surface area contributed by atoms with Crippen LogP contribution in [0.25, 0.3) is 0 Å². The van der Waals surface area contributed by atoms with Crippen molar-refractivity contribution in [3.05, 3.63) is 53.6 Å². The van der Waals surface area contributed by atoms with Gasteiger partial charge in [0.05, 0.1) is 18.6 Å². The molecule has 2 atom stereocenters. The summed E-state index contributed by atoms with van der Waals surface area (Å²) in [5, 5.41) is 3.25. The summed E-state index contributed by atoms with van der Waals surface area (Å²) >= 11 is 1.86. The molecule has 2 heterocycles. The van der Waals surface area contributed by atoms with Crippen molar-refractivity contribution in [3.63, 3.8) is 0 Å². The zero-order valence-corrected chi connectivity index (χ0v) is 15.7. The van der Waals surface area contributed by atoms with Gasteiger partial charge in [-0.2, -0.15) is 0 Å². The maximum atomic E-state index is 12.9. The van der Waals surface area contributed by atoms with Crippen LogP contribution in [0, 0.1) is 5.92 Å². The van der Waals surface area contributed by atoms with Crippen LogP contribution in [-0.4, -0.2) is 24.9 Å². The quantitative estimate of drug-likeness (QED) is 0.885. The fourth-order valence-electron chi connectivity index (χ4n) is 3.58. The summed E-state index contributed by atoms with van der Waals surface area (Å²) < 4.78 is 11.4. The van der Waals surface area contributed by atoms with E-state index in [4.69, 9.17) is 9.47 Å². The predicted octanol–water partition coefficient (Wildman–Crippen LogP) is 3.99. The normalized spacial score (nSPS) is 21.1. The smallest absolute Gasteiger partial charge is 0.227 e. The van der Waals surface area contributed by atoms with E-state index >= 15 is 0 Å². The molecule has 136 valence electrons. The van der Waals surface area contributed by atoms with E-state index in [1.54, 1.807) is 0 Å². The van der Waals surface area contributed by atoms with Crippen molar-refractivity contribution in [2.24, 2.45) is 5.92 Å². The zero-order chi connectivity index (χ0) is 17.9. The fraction of sp³-hybridized carbons (Fsp3) is 0.381. The highest BCUT2D eigenvalue weighted by molar-refractivity contribution is 7.99. The number of hydrogen-bond donors (Lipinski definition) is 1. The minimum absolute atomic E-state index is 0.0733. The van der Waals surface area contributed by atoms with Crippen molar-refractivity contribution < 1.29 is 14.3 Å². The van der Waals surface area contributed by atoms with Crippen LogP contribution in [-0.2, 0) is 11.2 Å². The number of hydrogen-bond acceptors (Lipinski definition) is 4. The molecule has 2 aliphatic heterocycles. The Morgan fingerprint density at radius 1 is 1.31 bits per heavy atom.